The molecule has 0 aliphatic rings. The molecule has 6 nitrogen and oxygen atoms in total. The van der Waals surface area contributed by atoms with Gasteiger partial charge in [-0.05, 0) is 24.3 Å². The number of nitrogens with one attached hydrogen (secondary N) is 2. The van der Waals surface area contributed by atoms with Crippen LogP contribution in [-0.4, -0.2) is 28.9 Å². The molecular formula is C15H14ClN3O3. The zero-order chi connectivity index (χ0) is 15.9. The molecule has 2 aromatic rings. The molecule has 0 saturated carbocycles. The van der Waals surface area contributed by atoms with Gasteiger partial charge >= 0.3 is 0 Å². The summed E-state index contributed by atoms with van der Waals surface area (Å²) in [6, 6.07) is 11.1. The standard InChI is InChI=1S/C15H14ClN3O3/c16-12-3-1-2-4-13(12)17-9-15(22)19-18-8-10-5-6-11(20)7-14(10)21/h1-8,17,20-21H,9H2,(H,19,22). The molecule has 7 heteroatoms. The van der Waals surface area contributed by atoms with Gasteiger partial charge in [0.25, 0.3) is 5.91 Å². The molecule has 4 N–H and O–H groups in total. The molecule has 0 aliphatic carbocycles. The topological polar surface area (TPSA) is 94.0 Å². The number of para-hydroxylation sites is 1. The molecule has 114 valence electrons. The smallest absolute Gasteiger partial charge is 0.259 e. The van der Waals surface area contributed by atoms with Crippen LogP contribution in [0.5, 0.6) is 11.5 Å². The summed E-state index contributed by atoms with van der Waals surface area (Å²) in [5.74, 6) is -0.552. The van der Waals surface area contributed by atoms with Crippen LogP contribution in [0.15, 0.2) is 47.6 Å². The first kappa shape index (κ1) is 15.7. The van der Waals surface area contributed by atoms with Crippen molar-refractivity contribution < 1.29 is 15.0 Å². The Morgan fingerprint density at radius 3 is 2.73 bits per heavy atom. The molecule has 0 aliphatic heterocycles. The molecule has 0 atom stereocenters. The summed E-state index contributed by atoms with van der Waals surface area (Å²) in [6.45, 7) is 0.00261. The van der Waals surface area contributed by atoms with E-state index in [1.165, 1.54) is 24.4 Å². The molecule has 0 bridgehead atoms. The number of aromatic hydroxyl groups is 2. The van der Waals surface area contributed by atoms with E-state index < -0.39 is 0 Å². The van der Waals surface area contributed by atoms with Gasteiger partial charge in [-0.25, -0.2) is 5.43 Å². The van der Waals surface area contributed by atoms with E-state index in [-0.39, 0.29) is 24.0 Å². The van der Waals surface area contributed by atoms with Crippen LogP contribution >= 0.6 is 11.6 Å². The van der Waals surface area contributed by atoms with E-state index >= 15 is 0 Å². The van der Waals surface area contributed by atoms with Gasteiger partial charge in [0.15, 0.2) is 0 Å². The van der Waals surface area contributed by atoms with Crippen molar-refractivity contribution >= 4 is 29.4 Å². The third-order valence-corrected chi connectivity index (χ3v) is 3.05. The molecule has 2 aromatic carbocycles. The van der Waals surface area contributed by atoms with Gasteiger partial charge in [0.05, 0.1) is 23.5 Å². The van der Waals surface area contributed by atoms with Gasteiger partial charge in [-0.2, -0.15) is 5.10 Å². The Labute approximate surface area is 132 Å². The number of hydrogen-bond acceptors (Lipinski definition) is 5. The highest BCUT2D eigenvalue weighted by Gasteiger charge is 2.03. The van der Waals surface area contributed by atoms with Crippen molar-refractivity contribution in [2.45, 2.75) is 0 Å². The number of rotatable bonds is 5. The van der Waals surface area contributed by atoms with Gasteiger partial charge in [0.1, 0.15) is 11.5 Å². The quantitative estimate of drug-likeness (QED) is 0.502. The van der Waals surface area contributed by atoms with Crippen molar-refractivity contribution in [3.8, 4) is 11.5 Å². The third kappa shape index (κ3) is 4.39. The van der Waals surface area contributed by atoms with Gasteiger partial charge in [0, 0.05) is 11.6 Å². The summed E-state index contributed by atoms with van der Waals surface area (Å²) >= 11 is 5.95. The minimum Gasteiger partial charge on any atom is -0.508 e. The Bertz CT molecular complexity index is 704. The second-order valence-electron chi connectivity index (χ2n) is 4.37. The first-order valence-corrected chi connectivity index (χ1v) is 6.76. The predicted octanol–water partition coefficient (Wildman–Crippen LogP) is 2.31. The Morgan fingerprint density at radius 1 is 1.23 bits per heavy atom. The van der Waals surface area contributed by atoms with Gasteiger partial charge < -0.3 is 15.5 Å². The fourth-order valence-corrected chi connectivity index (χ4v) is 1.84. The third-order valence-electron chi connectivity index (χ3n) is 2.72. The molecule has 0 radical (unpaired) electrons. The molecule has 0 aromatic heterocycles. The highest BCUT2D eigenvalue weighted by molar-refractivity contribution is 6.33. The van der Waals surface area contributed by atoms with Crippen molar-refractivity contribution in [3.63, 3.8) is 0 Å². The first-order chi connectivity index (χ1) is 10.6. The molecule has 0 heterocycles. The molecule has 0 unspecified atom stereocenters. The van der Waals surface area contributed by atoms with Crippen molar-refractivity contribution in [2.24, 2.45) is 5.10 Å². The number of anilines is 1. The number of carbonyl (C=O) groups is 1. The number of nitrogens with zero attached hydrogens (tertiary/aromatic N) is 1. The lowest BCUT2D eigenvalue weighted by atomic mass is 10.2. The highest BCUT2D eigenvalue weighted by atomic mass is 35.5. The molecule has 1 amide bonds. The van der Waals surface area contributed by atoms with E-state index in [0.717, 1.165) is 0 Å². The minimum atomic E-state index is -0.366. The summed E-state index contributed by atoms with van der Waals surface area (Å²) in [5.41, 5.74) is 3.34. The van der Waals surface area contributed by atoms with Crippen molar-refractivity contribution in [1.29, 1.82) is 0 Å². The lowest BCUT2D eigenvalue weighted by Crippen LogP contribution is -2.25. The van der Waals surface area contributed by atoms with Crippen LogP contribution in [-0.2, 0) is 4.79 Å². The average Bonchev–Trinajstić information content (AvgIpc) is 2.49. The van der Waals surface area contributed by atoms with Crippen LogP contribution in [0, 0.1) is 0 Å². The SMILES string of the molecule is O=C(CNc1ccccc1Cl)NN=Cc1ccc(O)cc1O. The van der Waals surface area contributed by atoms with Crippen molar-refractivity contribution in [3.05, 3.63) is 53.1 Å². The Morgan fingerprint density at radius 2 is 2.00 bits per heavy atom. The van der Waals surface area contributed by atoms with Crippen molar-refractivity contribution in [1.82, 2.24) is 5.43 Å². The highest BCUT2D eigenvalue weighted by Crippen LogP contribution is 2.21. The summed E-state index contributed by atoms with van der Waals surface area (Å²) < 4.78 is 0. The summed E-state index contributed by atoms with van der Waals surface area (Å²) in [6.07, 6.45) is 1.28. The van der Waals surface area contributed by atoms with Crippen LogP contribution in [0.4, 0.5) is 5.69 Å². The minimum absolute atomic E-state index is 0.00261. The van der Waals surface area contributed by atoms with Gasteiger partial charge in [-0.1, -0.05) is 23.7 Å². The predicted molar refractivity (Wildman–Crippen MR) is 85.5 cm³/mol. The number of phenols is 2. The van der Waals surface area contributed by atoms with Crippen molar-refractivity contribution in [2.75, 3.05) is 11.9 Å². The van der Waals surface area contributed by atoms with Gasteiger partial charge in [-0.3, -0.25) is 4.79 Å². The monoisotopic (exact) mass is 319 g/mol. The Hall–Kier alpha value is -2.73. The number of hydrazone groups is 1. The van der Waals surface area contributed by atoms with E-state index in [2.05, 4.69) is 15.8 Å². The largest absolute Gasteiger partial charge is 0.508 e. The molecule has 2 rings (SSSR count). The molecule has 0 saturated heterocycles. The maximum absolute atomic E-state index is 11.6. The van der Waals surface area contributed by atoms with Crippen LogP contribution in [0.3, 0.4) is 0 Å². The van der Waals surface area contributed by atoms with E-state index in [9.17, 15) is 9.90 Å². The van der Waals surface area contributed by atoms with Gasteiger partial charge in [-0.15, -0.1) is 0 Å². The second kappa shape index (κ2) is 7.33. The number of halogens is 1. The molecule has 0 spiro atoms. The van der Waals surface area contributed by atoms with Gasteiger partial charge in [0.2, 0.25) is 0 Å². The normalized spacial score (nSPS) is 10.6. The molecule has 0 fully saturated rings. The fraction of sp³-hybridized carbons (Fsp3) is 0.0667. The van der Waals surface area contributed by atoms with E-state index in [1.807, 2.05) is 0 Å². The second-order valence-corrected chi connectivity index (χ2v) is 4.78. The fourth-order valence-electron chi connectivity index (χ4n) is 1.63. The first-order valence-electron chi connectivity index (χ1n) is 6.38. The molecule has 22 heavy (non-hydrogen) atoms. The number of amides is 1. The number of phenolic OH excluding ortho intramolecular Hbond substituents is 2. The van der Waals surface area contributed by atoms with Crippen LogP contribution < -0.4 is 10.7 Å². The number of benzene rings is 2. The van der Waals surface area contributed by atoms with Crippen LogP contribution in [0.2, 0.25) is 5.02 Å². The summed E-state index contributed by atoms with van der Waals surface area (Å²) in [7, 11) is 0. The number of carbonyl (C=O) groups excluding carboxylic acids is 1. The maximum atomic E-state index is 11.6. The zero-order valence-electron chi connectivity index (χ0n) is 11.5. The Balaban J connectivity index is 1.85. The van der Waals surface area contributed by atoms with E-state index in [4.69, 9.17) is 16.7 Å². The lowest BCUT2D eigenvalue weighted by molar-refractivity contribution is -0.119. The molecular weight excluding hydrogens is 306 g/mol. The van der Waals surface area contributed by atoms with Crippen LogP contribution in [0.1, 0.15) is 5.56 Å². The summed E-state index contributed by atoms with van der Waals surface area (Å²) in [4.78, 5) is 11.6. The number of hydrogen-bond donors (Lipinski definition) is 4. The average molecular weight is 320 g/mol. The maximum Gasteiger partial charge on any atom is 0.259 e. The van der Waals surface area contributed by atoms with E-state index in [0.29, 0.717) is 16.3 Å². The van der Waals surface area contributed by atoms with Crippen LogP contribution in [0.25, 0.3) is 0 Å². The summed E-state index contributed by atoms with van der Waals surface area (Å²) in [5, 5.41) is 25.8. The Kier molecular flexibility index (Phi) is 5.21. The van der Waals surface area contributed by atoms with E-state index in [1.54, 1.807) is 24.3 Å². The zero-order valence-corrected chi connectivity index (χ0v) is 12.2. The lowest BCUT2D eigenvalue weighted by Gasteiger charge is -2.06.